The van der Waals surface area contributed by atoms with Gasteiger partial charge in [0.25, 0.3) is 5.91 Å². The highest BCUT2D eigenvalue weighted by molar-refractivity contribution is 5.99. The zero-order valence-electron chi connectivity index (χ0n) is 12.6. The Morgan fingerprint density at radius 1 is 1.50 bits per heavy atom. The number of nitrogens with two attached hydrogens (primary N) is 1. The minimum atomic E-state index is 0. The fourth-order valence-corrected chi connectivity index (χ4v) is 2.82. The maximum Gasteiger partial charge on any atom is 0.253 e. The molecule has 120 valence electrons. The van der Waals surface area contributed by atoms with Crippen LogP contribution in [0, 0.1) is 5.92 Å². The Kier molecular flexibility index (Phi) is 5.32. The standard InChI is InChI=1S/C16H20N2O3.ClH/c1-20-14-2-3-15-12(7-14)6-13(10-21-15)16(19)18-5-4-11(8-17)9-18;/h2-3,6-7,11H,4-5,8-10,17H2,1H3;1H. The third-order valence-electron chi connectivity index (χ3n) is 4.11. The second kappa shape index (κ2) is 7.03. The molecule has 0 radical (unpaired) electrons. The van der Waals surface area contributed by atoms with Gasteiger partial charge >= 0.3 is 0 Å². The van der Waals surface area contributed by atoms with Gasteiger partial charge in [-0.3, -0.25) is 4.79 Å². The molecule has 0 bridgehead atoms. The topological polar surface area (TPSA) is 64.8 Å². The normalized spacial score (nSPS) is 19.6. The van der Waals surface area contributed by atoms with E-state index in [1.165, 1.54) is 0 Å². The maximum atomic E-state index is 12.5. The molecule has 1 aromatic rings. The second-order valence-electron chi connectivity index (χ2n) is 5.50. The predicted molar refractivity (Wildman–Crippen MR) is 87.5 cm³/mol. The molecule has 0 spiro atoms. The van der Waals surface area contributed by atoms with E-state index in [9.17, 15) is 4.79 Å². The fraction of sp³-hybridized carbons (Fsp3) is 0.438. The molecule has 1 atom stereocenters. The molecule has 5 nitrogen and oxygen atoms in total. The van der Waals surface area contributed by atoms with E-state index < -0.39 is 0 Å². The molecule has 0 saturated carbocycles. The van der Waals surface area contributed by atoms with E-state index in [1.807, 2.05) is 29.2 Å². The van der Waals surface area contributed by atoms with E-state index in [0.717, 1.165) is 36.6 Å². The summed E-state index contributed by atoms with van der Waals surface area (Å²) in [4.78, 5) is 14.4. The quantitative estimate of drug-likeness (QED) is 0.919. The number of benzene rings is 1. The number of carbonyl (C=O) groups is 1. The van der Waals surface area contributed by atoms with Crippen LogP contribution in [0.3, 0.4) is 0 Å². The molecule has 0 aromatic heterocycles. The number of hydrogen-bond donors (Lipinski definition) is 1. The summed E-state index contributed by atoms with van der Waals surface area (Å²) in [5.41, 5.74) is 7.25. The van der Waals surface area contributed by atoms with E-state index in [1.54, 1.807) is 7.11 Å². The number of amides is 1. The monoisotopic (exact) mass is 324 g/mol. The zero-order valence-corrected chi connectivity index (χ0v) is 13.4. The number of nitrogens with zero attached hydrogens (tertiary/aromatic N) is 1. The molecular formula is C16H21ClN2O3. The van der Waals surface area contributed by atoms with Crippen LogP contribution in [0.4, 0.5) is 0 Å². The van der Waals surface area contributed by atoms with Crippen molar-refractivity contribution < 1.29 is 14.3 Å². The number of ether oxygens (including phenoxy) is 2. The highest BCUT2D eigenvalue weighted by Gasteiger charge is 2.28. The first-order valence-corrected chi connectivity index (χ1v) is 7.22. The van der Waals surface area contributed by atoms with Gasteiger partial charge in [0.05, 0.1) is 12.7 Å². The fourth-order valence-electron chi connectivity index (χ4n) is 2.82. The van der Waals surface area contributed by atoms with Gasteiger partial charge in [0.1, 0.15) is 18.1 Å². The molecule has 0 aliphatic carbocycles. The molecule has 1 unspecified atom stereocenters. The summed E-state index contributed by atoms with van der Waals surface area (Å²) in [6.45, 7) is 2.49. The van der Waals surface area contributed by atoms with Gasteiger partial charge in [-0.15, -0.1) is 12.4 Å². The molecule has 3 rings (SSSR count). The van der Waals surface area contributed by atoms with E-state index in [4.69, 9.17) is 15.2 Å². The van der Waals surface area contributed by atoms with Crippen molar-refractivity contribution >= 4 is 24.4 Å². The average Bonchev–Trinajstić information content (AvgIpc) is 3.02. The zero-order chi connectivity index (χ0) is 14.8. The van der Waals surface area contributed by atoms with E-state index in [-0.39, 0.29) is 18.3 Å². The number of likely N-dealkylation sites (tertiary alicyclic amines) is 1. The van der Waals surface area contributed by atoms with Gasteiger partial charge in [0.15, 0.2) is 0 Å². The number of carbonyl (C=O) groups excluding carboxylic acids is 1. The molecule has 1 saturated heterocycles. The first-order valence-electron chi connectivity index (χ1n) is 7.22. The number of halogens is 1. The highest BCUT2D eigenvalue weighted by Crippen LogP contribution is 2.31. The summed E-state index contributed by atoms with van der Waals surface area (Å²) in [5, 5.41) is 0. The van der Waals surface area contributed by atoms with Crippen molar-refractivity contribution in [1.29, 1.82) is 0 Å². The Hall–Kier alpha value is -1.72. The number of rotatable bonds is 3. The van der Waals surface area contributed by atoms with Crippen LogP contribution in [-0.2, 0) is 4.79 Å². The van der Waals surface area contributed by atoms with Crippen LogP contribution in [0.2, 0.25) is 0 Å². The van der Waals surface area contributed by atoms with Gasteiger partial charge in [-0.25, -0.2) is 0 Å². The molecule has 22 heavy (non-hydrogen) atoms. The highest BCUT2D eigenvalue weighted by atomic mass is 35.5. The lowest BCUT2D eigenvalue weighted by Crippen LogP contribution is -2.33. The Balaban J connectivity index is 0.00000176. The second-order valence-corrected chi connectivity index (χ2v) is 5.50. The van der Waals surface area contributed by atoms with Crippen molar-refractivity contribution in [3.8, 4) is 11.5 Å². The van der Waals surface area contributed by atoms with Gasteiger partial charge in [-0.2, -0.15) is 0 Å². The summed E-state index contributed by atoms with van der Waals surface area (Å²) in [6.07, 6.45) is 2.89. The molecule has 1 aromatic carbocycles. The van der Waals surface area contributed by atoms with E-state index >= 15 is 0 Å². The van der Waals surface area contributed by atoms with Crippen LogP contribution in [0.15, 0.2) is 23.8 Å². The van der Waals surface area contributed by atoms with E-state index in [0.29, 0.717) is 24.6 Å². The SMILES string of the molecule is COc1ccc2c(c1)C=C(C(=O)N1CCC(CN)C1)CO2.Cl. The van der Waals surface area contributed by atoms with Crippen LogP contribution in [-0.4, -0.2) is 44.2 Å². The van der Waals surface area contributed by atoms with Crippen molar-refractivity contribution in [3.05, 3.63) is 29.3 Å². The van der Waals surface area contributed by atoms with Crippen LogP contribution >= 0.6 is 12.4 Å². The molecular weight excluding hydrogens is 304 g/mol. The van der Waals surface area contributed by atoms with Crippen molar-refractivity contribution in [1.82, 2.24) is 4.90 Å². The maximum absolute atomic E-state index is 12.5. The average molecular weight is 325 g/mol. The first kappa shape index (κ1) is 16.6. The largest absolute Gasteiger partial charge is 0.497 e. The van der Waals surface area contributed by atoms with Crippen molar-refractivity contribution in [2.75, 3.05) is 33.4 Å². The van der Waals surface area contributed by atoms with E-state index in [2.05, 4.69) is 0 Å². The predicted octanol–water partition coefficient (Wildman–Crippen LogP) is 1.70. The lowest BCUT2D eigenvalue weighted by Gasteiger charge is -2.22. The van der Waals surface area contributed by atoms with Crippen LogP contribution < -0.4 is 15.2 Å². The third kappa shape index (κ3) is 3.20. The third-order valence-corrected chi connectivity index (χ3v) is 4.11. The van der Waals surface area contributed by atoms with Crippen molar-refractivity contribution in [2.24, 2.45) is 11.7 Å². The Bertz CT molecular complexity index is 589. The summed E-state index contributed by atoms with van der Waals surface area (Å²) < 4.78 is 10.9. The summed E-state index contributed by atoms with van der Waals surface area (Å²) >= 11 is 0. The first-order chi connectivity index (χ1) is 10.2. The molecule has 2 aliphatic heterocycles. The summed E-state index contributed by atoms with van der Waals surface area (Å²) in [6, 6.07) is 5.60. The number of methoxy groups -OCH3 is 1. The van der Waals surface area contributed by atoms with Crippen LogP contribution in [0.5, 0.6) is 11.5 Å². The van der Waals surface area contributed by atoms with Crippen molar-refractivity contribution in [3.63, 3.8) is 0 Å². The summed E-state index contributed by atoms with van der Waals surface area (Å²) in [7, 11) is 1.62. The Morgan fingerprint density at radius 3 is 3.00 bits per heavy atom. The lowest BCUT2D eigenvalue weighted by molar-refractivity contribution is -0.126. The molecule has 6 heteroatoms. The van der Waals surface area contributed by atoms with Crippen molar-refractivity contribution in [2.45, 2.75) is 6.42 Å². The molecule has 1 fully saturated rings. The Morgan fingerprint density at radius 2 is 2.32 bits per heavy atom. The van der Waals surface area contributed by atoms with Crippen LogP contribution in [0.25, 0.3) is 6.08 Å². The van der Waals surface area contributed by atoms with Gasteiger partial charge in [0.2, 0.25) is 0 Å². The molecule has 2 N–H and O–H groups in total. The van der Waals surface area contributed by atoms with Gasteiger partial charge in [-0.1, -0.05) is 0 Å². The lowest BCUT2D eigenvalue weighted by atomic mass is 10.1. The van der Waals surface area contributed by atoms with Gasteiger partial charge in [-0.05, 0) is 43.2 Å². The number of fused-ring (bicyclic) bond motifs is 1. The molecule has 1 amide bonds. The Labute approximate surface area is 136 Å². The minimum Gasteiger partial charge on any atom is -0.497 e. The van der Waals surface area contributed by atoms with Crippen LogP contribution in [0.1, 0.15) is 12.0 Å². The summed E-state index contributed by atoms with van der Waals surface area (Å²) in [5.74, 6) is 2.02. The minimum absolute atomic E-state index is 0. The van der Waals surface area contributed by atoms with Gasteiger partial charge in [0, 0.05) is 18.7 Å². The smallest absolute Gasteiger partial charge is 0.253 e. The molecule has 2 heterocycles. The molecule has 2 aliphatic rings. The van der Waals surface area contributed by atoms with Gasteiger partial charge < -0.3 is 20.1 Å². The number of hydrogen-bond acceptors (Lipinski definition) is 4.